The molecular weight excluding hydrogens is 228 g/mol. The third-order valence-corrected chi connectivity index (χ3v) is 3.39. The molecule has 0 spiro atoms. The van der Waals surface area contributed by atoms with Crippen LogP contribution in [0.3, 0.4) is 0 Å². The van der Waals surface area contributed by atoms with Gasteiger partial charge in [0.15, 0.2) is 0 Å². The van der Waals surface area contributed by atoms with Crippen molar-refractivity contribution in [2.24, 2.45) is 11.8 Å². The van der Waals surface area contributed by atoms with E-state index < -0.39 is 41.4 Å². The number of hydrogen-bond donors (Lipinski definition) is 0. The van der Waals surface area contributed by atoms with Gasteiger partial charge in [-0.3, -0.25) is 14.4 Å². The first-order valence-electron chi connectivity index (χ1n) is 5.29. The molecule has 4 atom stereocenters. The Labute approximate surface area is 96.5 Å². The van der Waals surface area contributed by atoms with Crippen LogP contribution < -0.4 is 0 Å². The van der Waals surface area contributed by atoms with Gasteiger partial charge in [0.05, 0.1) is 6.10 Å². The third kappa shape index (κ3) is 1.27. The molecule has 0 aromatic rings. The molecule has 3 aliphatic rings. The number of esters is 3. The van der Waals surface area contributed by atoms with Crippen molar-refractivity contribution in [1.29, 1.82) is 0 Å². The van der Waals surface area contributed by atoms with E-state index in [-0.39, 0.29) is 6.61 Å². The quantitative estimate of drug-likeness (QED) is 0.369. The average molecular weight is 238 g/mol. The van der Waals surface area contributed by atoms with E-state index in [0.29, 0.717) is 0 Å². The maximum atomic E-state index is 11.6. The SMILES string of the molecule is CC(=O)OC[C@@]12C=C[C@H](O1)[C@H]1C(=O)OC(=O)[C@@H]12. The molecular formula is C11H10O6. The Balaban J connectivity index is 1.91. The number of carbonyl (C=O) groups excluding carboxylic acids is 3. The second kappa shape index (κ2) is 3.16. The molecule has 2 fully saturated rings. The summed E-state index contributed by atoms with van der Waals surface area (Å²) in [6.07, 6.45) is 2.95. The van der Waals surface area contributed by atoms with Gasteiger partial charge in [-0.1, -0.05) is 6.08 Å². The fourth-order valence-electron chi connectivity index (χ4n) is 2.69. The first-order valence-corrected chi connectivity index (χ1v) is 5.29. The van der Waals surface area contributed by atoms with Gasteiger partial charge in [0.25, 0.3) is 0 Å². The van der Waals surface area contributed by atoms with Gasteiger partial charge in [0, 0.05) is 6.92 Å². The zero-order chi connectivity index (χ0) is 12.2. The standard InChI is InChI=1S/C11H10O6/c1-5(12)15-4-11-3-2-6(17-11)7-8(11)10(14)16-9(7)13/h2-3,6-8H,4H2,1H3/t6-,7+,8+,11+/m0/s1. The van der Waals surface area contributed by atoms with Gasteiger partial charge in [-0.15, -0.1) is 0 Å². The Bertz CT molecular complexity index is 453. The Kier molecular flexibility index (Phi) is 1.95. The Morgan fingerprint density at radius 3 is 2.94 bits per heavy atom. The summed E-state index contributed by atoms with van der Waals surface area (Å²) < 4.78 is 15.1. The van der Waals surface area contributed by atoms with Crippen LogP contribution in [0.15, 0.2) is 12.2 Å². The topological polar surface area (TPSA) is 78.9 Å². The van der Waals surface area contributed by atoms with Crippen LogP contribution in [0.4, 0.5) is 0 Å². The molecule has 0 amide bonds. The molecule has 6 nitrogen and oxygen atoms in total. The number of rotatable bonds is 2. The van der Waals surface area contributed by atoms with E-state index in [9.17, 15) is 14.4 Å². The minimum absolute atomic E-state index is 0.0706. The molecule has 6 heteroatoms. The smallest absolute Gasteiger partial charge is 0.321 e. The molecule has 0 aromatic heterocycles. The van der Waals surface area contributed by atoms with E-state index in [1.165, 1.54) is 6.92 Å². The summed E-state index contributed by atoms with van der Waals surface area (Å²) in [4.78, 5) is 33.9. The van der Waals surface area contributed by atoms with Gasteiger partial charge >= 0.3 is 17.9 Å². The predicted octanol–water partition coefficient (Wildman–Crippen LogP) is -0.427. The molecule has 3 rings (SSSR count). The zero-order valence-electron chi connectivity index (χ0n) is 9.04. The molecule has 0 saturated carbocycles. The lowest BCUT2D eigenvalue weighted by atomic mass is 9.77. The van der Waals surface area contributed by atoms with Crippen molar-refractivity contribution in [3.8, 4) is 0 Å². The van der Waals surface area contributed by atoms with Crippen LogP contribution in [0, 0.1) is 11.8 Å². The fraction of sp³-hybridized carbons (Fsp3) is 0.545. The van der Waals surface area contributed by atoms with Crippen molar-refractivity contribution in [2.75, 3.05) is 6.61 Å². The number of carbonyl (C=O) groups is 3. The summed E-state index contributed by atoms with van der Waals surface area (Å²) in [5, 5.41) is 0. The fourth-order valence-corrected chi connectivity index (χ4v) is 2.69. The van der Waals surface area contributed by atoms with Crippen molar-refractivity contribution >= 4 is 17.9 Å². The van der Waals surface area contributed by atoms with Crippen LogP contribution >= 0.6 is 0 Å². The first-order chi connectivity index (χ1) is 8.03. The summed E-state index contributed by atoms with van der Waals surface area (Å²) in [6, 6.07) is 0. The van der Waals surface area contributed by atoms with E-state index in [0.717, 1.165) is 0 Å². The molecule has 0 N–H and O–H groups in total. The van der Waals surface area contributed by atoms with E-state index >= 15 is 0 Å². The van der Waals surface area contributed by atoms with Crippen molar-refractivity contribution in [1.82, 2.24) is 0 Å². The van der Waals surface area contributed by atoms with Crippen LogP contribution in [0.2, 0.25) is 0 Å². The minimum atomic E-state index is -1.02. The van der Waals surface area contributed by atoms with Gasteiger partial charge in [-0.2, -0.15) is 0 Å². The second-order valence-electron chi connectivity index (χ2n) is 4.42. The number of ether oxygens (including phenoxy) is 3. The lowest BCUT2D eigenvalue weighted by molar-refractivity contribution is -0.163. The Morgan fingerprint density at radius 1 is 1.47 bits per heavy atom. The molecule has 0 aliphatic carbocycles. The monoisotopic (exact) mass is 238 g/mol. The highest BCUT2D eigenvalue weighted by Crippen LogP contribution is 2.51. The molecule has 2 bridgehead atoms. The highest BCUT2D eigenvalue weighted by Gasteiger charge is 2.67. The maximum absolute atomic E-state index is 11.6. The van der Waals surface area contributed by atoms with Crippen LogP contribution in [-0.2, 0) is 28.6 Å². The predicted molar refractivity (Wildman–Crippen MR) is 51.5 cm³/mol. The highest BCUT2D eigenvalue weighted by atomic mass is 16.6. The molecule has 0 radical (unpaired) electrons. The molecule has 3 heterocycles. The number of hydrogen-bond acceptors (Lipinski definition) is 6. The molecule has 0 aromatic carbocycles. The summed E-state index contributed by atoms with van der Waals surface area (Å²) in [7, 11) is 0. The highest BCUT2D eigenvalue weighted by molar-refractivity contribution is 5.99. The van der Waals surface area contributed by atoms with E-state index in [1.54, 1.807) is 12.2 Å². The third-order valence-electron chi connectivity index (χ3n) is 3.39. The van der Waals surface area contributed by atoms with Crippen LogP contribution in [0.25, 0.3) is 0 Å². The minimum Gasteiger partial charge on any atom is -0.462 e. The van der Waals surface area contributed by atoms with Gasteiger partial charge in [0.2, 0.25) is 0 Å². The summed E-state index contributed by atoms with van der Waals surface area (Å²) in [5.74, 6) is -2.90. The first kappa shape index (κ1) is 10.5. The van der Waals surface area contributed by atoms with E-state index in [4.69, 9.17) is 9.47 Å². The molecule has 3 aliphatic heterocycles. The van der Waals surface area contributed by atoms with Crippen molar-refractivity contribution < 1.29 is 28.6 Å². The normalized spacial score (nSPS) is 41.6. The second-order valence-corrected chi connectivity index (χ2v) is 4.42. The lowest BCUT2D eigenvalue weighted by Gasteiger charge is -2.26. The van der Waals surface area contributed by atoms with Gasteiger partial charge in [-0.05, 0) is 6.08 Å². The van der Waals surface area contributed by atoms with Crippen molar-refractivity contribution in [3.05, 3.63) is 12.2 Å². The molecule has 90 valence electrons. The Hall–Kier alpha value is -1.69. The van der Waals surface area contributed by atoms with E-state index in [1.807, 2.05) is 0 Å². The number of cyclic esters (lactones) is 2. The Morgan fingerprint density at radius 2 is 2.24 bits per heavy atom. The summed E-state index contributed by atoms with van der Waals surface area (Å²) >= 11 is 0. The molecule has 2 saturated heterocycles. The largest absolute Gasteiger partial charge is 0.462 e. The average Bonchev–Trinajstić information content (AvgIpc) is 2.88. The van der Waals surface area contributed by atoms with Crippen LogP contribution in [0.5, 0.6) is 0 Å². The van der Waals surface area contributed by atoms with Gasteiger partial charge in [-0.25, -0.2) is 0 Å². The van der Waals surface area contributed by atoms with Crippen LogP contribution in [0.1, 0.15) is 6.92 Å². The van der Waals surface area contributed by atoms with Gasteiger partial charge < -0.3 is 14.2 Å². The molecule has 0 unspecified atom stereocenters. The maximum Gasteiger partial charge on any atom is 0.321 e. The molecule has 17 heavy (non-hydrogen) atoms. The zero-order valence-corrected chi connectivity index (χ0v) is 9.04. The van der Waals surface area contributed by atoms with Crippen LogP contribution in [-0.4, -0.2) is 36.2 Å². The summed E-state index contributed by atoms with van der Waals surface area (Å²) in [6.45, 7) is 1.20. The summed E-state index contributed by atoms with van der Waals surface area (Å²) in [5.41, 5.74) is -1.02. The number of fused-ring (bicyclic) bond motifs is 5. The van der Waals surface area contributed by atoms with Gasteiger partial charge in [0.1, 0.15) is 24.0 Å². The van der Waals surface area contributed by atoms with Crippen molar-refractivity contribution in [3.63, 3.8) is 0 Å². The lowest BCUT2D eigenvalue weighted by Crippen LogP contribution is -2.42. The van der Waals surface area contributed by atoms with Crippen molar-refractivity contribution in [2.45, 2.75) is 18.6 Å². The van der Waals surface area contributed by atoms with E-state index in [2.05, 4.69) is 4.74 Å².